The van der Waals surface area contributed by atoms with E-state index in [1.54, 1.807) is 17.0 Å². The summed E-state index contributed by atoms with van der Waals surface area (Å²) in [5.74, 6) is -0.198. The summed E-state index contributed by atoms with van der Waals surface area (Å²) >= 11 is 0. The highest BCUT2D eigenvalue weighted by Crippen LogP contribution is 2.52. The number of rotatable bonds is 3. The predicted molar refractivity (Wildman–Crippen MR) is 107 cm³/mol. The molecule has 1 aromatic carbocycles. The fourth-order valence-electron chi connectivity index (χ4n) is 4.34. The van der Waals surface area contributed by atoms with Gasteiger partial charge in [-0.1, -0.05) is 12.1 Å². The molecule has 3 fully saturated rings. The first-order valence-corrected chi connectivity index (χ1v) is 10.3. The molecule has 0 radical (unpaired) electrons. The largest absolute Gasteiger partial charge is 0.444 e. The fourth-order valence-corrected chi connectivity index (χ4v) is 4.34. The van der Waals surface area contributed by atoms with E-state index in [0.717, 1.165) is 24.8 Å². The van der Waals surface area contributed by atoms with Gasteiger partial charge in [-0.2, -0.15) is 0 Å². The zero-order valence-corrected chi connectivity index (χ0v) is 17.3. The molecule has 4 rings (SSSR count). The second-order valence-electron chi connectivity index (χ2n) is 9.55. The van der Waals surface area contributed by atoms with Crippen molar-refractivity contribution < 1.29 is 19.1 Å². The third-order valence-electron chi connectivity index (χ3n) is 6.10. The summed E-state index contributed by atoms with van der Waals surface area (Å²) in [6.07, 6.45) is 2.34. The van der Waals surface area contributed by atoms with Crippen molar-refractivity contribution in [2.75, 3.05) is 19.6 Å². The Labute approximate surface area is 171 Å². The molecule has 0 bridgehead atoms. The Morgan fingerprint density at radius 2 is 1.90 bits per heavy atom. The van der Waals surface area contributed by atoms with Gasteiger partial charge in [0, 0.05) is 31.1 Å². The summed E-state index contributed by atoms with van der Waals surface area (Å²) in [6, 6.07) is 7.27. The molecule has 1 aromatic rings. The molecule has 0 aromatic heterocycles. The lowest BCUT2D eigenvalue weighted by Gasteiger charge is -2.42. The summed E-state index contributed by atoms with van der Waals surface area (Å²) in [5.41, 5.74) is 6.10. The van der Waals surface area contributed by atoms with Crippen LogP contribution in [0.1, 0.15) is 61.9 Å². The van der Waals surface area contributed by atoms with Crippen molar-refractivity contribution in [3.8, 4) is 0 Å². The van der Waals surface area contributed by atoms with Crippen molar-refractivity contribution >= 4 is 17.9 Å². The molecule has 156 valence electrons. The van der Waals surface area contributed by atoms with Gasteiger partial charge in [0.2, 0.25) is 11.8 Å². The van der Waals surface area contributed by atoms with Crippen LogP contribution in [0.5, 0.6) is 0 Å². The van der Waals surface area contributed by atoms with E-state index in [1.807, 2.05) is 37.8 Å². The molecule has 1 saturated heterocycles. The molecular weight excluding hydrogens is 370 g/mol. The number of hydrogen-bond donors (Lipinski definition) is 1. The second-order valence-corrected chi connectivity index (χ2v) is 9.55. The molecule has 2 atom stereocenters. The Balaban J connectivity index is 1.40. The lowest BCUT2D eigenvalue weighted by Crippen LogP contribution is -2.59. The number of benzene rings is 1. The van der Waals surface area contributed by atoms with E-state index in [1.165, 1.54) is 0 Å². The lowest BCUT2D eigenvalue weighted by atomic mass is 10.0. The summed E-state index contributed by atoms with van der Waals surface area (Å²) in [4.78, 5) is 40.8. The summed E-state index contributed by atoms with van der Waals surface area (Å²) < 4.78 is 5.51. The van der Waals surface area contributed by atoms with Crippen molar-refractivity contribution in [1.82, 2.24) is 9.80 Å². The minimum atomic E-state index is -0.526. The van der Waals surface area contributed by atoms with Crippen molar-refractivity contribution in [1.29, 1.82) is 0 Å². The van der Waals surface area contributed by atoms with Gasteiger partial charge in [0.05, 0.1) is 5.54 Å². The maximum absolute atomic E-state index is 13.2. The van der Waals surface area contributed by atoms with Gasteiger partial charge in [-0.15, -0.1) is 0 Å². The van der Waals surface area contributed by atoms with E-state index in [9.17, 15) is 14.4 Å². The number of nitrogens with zero attached hydrogens (tertiary/aromatic N) is 2. The molecule has 1 spiro atoms. The van der Waals surface area contributed by atoms with E-state index in [2.05, 4.69) is 0 Å². The van der Waals surface area contributed by atoms with Gasteiger partial charge in [-0.25, -0.2) is 4.79 Å². The maximum Gasteiger partial charge on any atom is 0.410 e. The van der Waals surface area contributed by atoms with Crippen LogP contribution in [-0.4, -0.2) is 58.5 Å². The normalized spacial score (nSPS) is 24.9. The Morgan fingerprint density at radius 1 is 1.17 bits per heavy atom. The quantitative estimate of drug-likeness (QED) is 0.845. The number of carbonyl (C=O) groups excluding carboxylic acids is 3. The van der Waals surface area contributed by atoms with Crippen LogP contribution in [0, 0.1) is 5.92 Å². The third-order valence-corrected chi connectivity index (χ3v) is 6.10. The van der Waals surface area contributed by atoms with Crippen molar-refractivity contribution in [2.24, 2.45) is 11.7 Å². The monoisotopic (exact) mass is 399 g/mol. The van der Waals surface area contributed by atoms with Gasteiger partial charge >= 0.3 is 6.09 Å². The molecule has 7 heteroatoms. The van der Waals surface area contributed by atoms with Crippen LogP contribution in [0.2, 0.25) is 0 Å². The average Bonchev–Trinajstić information content (AvgIpc) is 3.56. The van der Waals surface area contributed by atoms with Crippen LogP contribution >= 0.6 is 0 Å². The zero-order valence-electron chi connectivity index (χ0n) is 17.3. The van der Waals surface area contributed by atoms with E-state index in [0.29, 0.717) is 25.2 Å². The van der Waals surface area contributed by atoms with Crippen LogP contribution in [-0.2, 0) is 9.53 Å². The van der Waals surface area contributed by atoms with Crippen LogP contribution in [0.4, 0.5) is 4.79 Å². The van der Waals surface area contributed by atoms with Gasteiger partial charge in [0.15, 0.2) is 0 Å². The number of ether oxygens (including phenoxy) is 1. The van der Waals surface area contributed by atoms with Gasteiger partial charge in [-0.3, -0.25) is 9.59 Å². The molecule has 2 saturated carbocycles. The maximum atomic E-state index is 13.2. The van der Waals surface area contributed by atoms with Gasteiger partial charge < -0.3 is 20.3 Å². The highest BCUT2D eigenvalue weighted by molar-refractivity contribution is 5.93. The minimum Gasteiger partial charge on any atom is -0.444 e. The minimum absolute atomic E-state index is 0.0521. The predicted octanol–water partition coefficient (Wildman–Crippen LogP) is 2.50. The van der Waals surface area contributed by atoms with Crippen molar-refractivity contribution in [3.05, 3.63) is 35.4 Å². The third kappa shape index (κ3) is 3.95. The number of nitrogens with two attached hydrogens (primary N) is 1. The fraction of sp³-hybridized carbons (Fsp3) is 0.591. The van der Waals surface area contributed by atoms with E-state index < -0.39 is 11.5 Å². The zero-order chi connectivity index (χ0) is 21.0. The summed E-state index contributed by atoms with van der Waals surface area (Å²) in [6.45, 7) is 7.16. The SMILES string of the molecule is CC(C)(C)OC(=O)N1CCN(C(=O)[C@H]2C[C@@H]2c2cccc(C(N)=O)c2)C2(CC2)C1. The van der Waals surface area contributed by atoms with Crippen LogP contribution in [0.3, 0.4) is 0 Å². The van der Waals surface area contributed by atoms with E-state index in [4.69, 9.17) is 10.5 Å². The Kier molecular flexibility index (Phi) is 4.59. The van der Waals surface area contributed by atoms with Gasteiger partial charge in [-0.05, 0) is 63.6 Å². The Hall–Kier alpha value is -2.57. The standard InChI is InChI=1S/C22H29N3O4/c1-21(2,3)29-20(28)24-9-10-25(22(13-24)7-8-22)19(27)17-12-16(17)14-5-4-6-15(11-14)18(23)26/h4-6,11,16-17H,7-10,12-13H2,1-3H3,(H2,23,26)/t16-,17+/m1/s1. The molecule has 0 unspecified atom stereocenters. The molecular formula is C22H29N3O4. The number of hydrogen-bond acceptors (Lipinski definition) is 4. The Morgan fingerprint density at radius 3 is 2.52 bits per heavy atom. The lowest BCUT2D eigenvalue weighted by molar-refractivity contribution is -0.138. The highest BCUT2D eigenvalue weighted by atomic mass is 16.6. The van der Waals surface area contributed by atoms with Crippen LogP contribution in [0.25, 0.3) is 0 Å². The van der Waals surface area contributed by atoms with Gasteiger partial charge in [0.25, 0.3) is 0 Å². The first-order chi connectivity index (χ1) is 13.6. The molecule has 2 N–H and O–H groups in total. The number of carbonyl (C=O) groups is 3. The molecule has 7 nitrogen and oxygen atoms in total. The molecule has 1 heterocycles. The smallest absolute Gasteiger partial charge is 0.410 e. The van der Waals surface area contributed by atoms with E-state index >= 15 is 0 Å². The number of amides is 3. The molecule has 2 aliphatic carbocycles. The Bertz CT molecular complexity index is 856. The highest BCUT2D eigenvalue weighted by Gasteiger charge is 2.57. The average molecular weight is 399 g/mol. The van der Waals surface area contributed by atoms with Crippen LogP contribution in [0.15, 0.2) is 24.3 Å². The van der Waals surface area contributed by atoms with Gasteiger partial charge in [0.1, 0.15) is 5.60 Å². The molecule has 3 aliphatic rings. The van der Waals surface area contributed by atoms with E-state index in [-0.39, 0.29) is 29.4 Å². The molecule has 3 amide bonds. The second kappa shape index (κ2) is 6.75. The first-order valence-electron chi connectivity index (χ1n) is 10.3. The molecule has 1 aliphatic heterocycles. The number of piperazine rings is 1. The molecule has 29 heavy (non-hydrogen) atoms. The first kappa shape index (κ1) is 19.7. The van der Waals surface area contributed by atoms with Crippen molar-refractivity contribution in [2.45, 2.75) is 57.1 Å². The van der Waals surface area contributed by atoms with Crippen molar-refractivity contribution in [3.63, 3.8) is 0 Å². The summed E-state index contributed by atoms with van der Waals surface area (Å²) in [7, 11) is 0. The summed E-state index contributed by atoms with van der Waals surface area (Å²) in [5, 5.41) is 0. The van der Waals surface area contributed by atoms with Crippen LogP contribution < -0.4 is 5.73 Å². The topological polar surface area (TPSA) is 92.9 Å². The number of primary amides is 1.